The molecule has 0 bridgehead atoms. The topological polar surface area (TPSA) is 85.5 Å². The van der Waals surface area contributed by atoms with Crippen molar-refractivity contribution >= 4 is 17.1 Å². The number of fused-ring (bicyclic) bond motifs is 1. The Morgan fingerprint density at radius 3 is 3.13 bits per heavy atom. The lowest BCUT2D eigenvalue weighted by atomic mass is 10.3. The zero-order valence-corrected chi connectivity index (χ0v) is 7.93. The Morgan fingerprint density at radius 2 is 2.47 bits per heavy atom. The maximum Gasteiger partial charge on any atom is 0.378 e. The van der Waals surface area contributed by atoms with Crippen LogP contribution in [0.3, 0.4) is 0 Å². The SMILES string of the molecule is CCOC(=O)c1oc2ncncc2c1O. The van der Waals surface area contributed by atoms with Gasteiger partial charge >= 0.3 is 5.97 Å². The smallest absolute Gasteiger partial charge is 0.378 e. The highest BCUT2D eigenvalue weighted by Crippen LogP contribution is 2.30. The van der Waals surface area contributed by atoms with Gasteiger partial charge in [0.25, 0.3) is 5.76 Å². The number of carbonyl (C=O) groups excluding carboxylic acids is 1. The van der Waals surface area contributed by atoms with Gasteiger partial charge in [0.15, 0.2) is 5.75 Å². The van der Waals surface area contributed by atoms with Crippen LogP contribution in [0.25, 0.3) is 11.1 Å². The van der Waals surface area contributed by atoms with Gasteiger partial charge in [0.05, 0.1) is 6.61 Å². The van der Waals surface area contributed by atoms with Gasteiger partial charge in [-0.15, -0.1) is 0 Å². The average Bonchev–Trinajstić information content (AvgIpc) is 2.57. The van der Waals surface area contributed by atoms with Crippen LogP contribution < -0.4 is 0 Å². The van der Waals surface area contributed by atoms with E-state index in [0.29, 0.717) is 5.39 Å². The molecule has 0 amide bonds. The van der Waals surface area contributed by atoms with E-state index >= 15 is 0 Å². The molecule has 6 heteroatoms. The van der Waals surface area contributed by atoms with Gasteiger partial charge in [-0.25, -0.2) is 14.8 Å². The highest BCUT2D eigenvalue weighted by atomic mass is 16.5. The maximum atomic E-state index is 11.3. The summed E-state index contributed by atoms with van der Waals surface area (Å²) >= 11 is 0. The predicted octanol–water partition coefficient (Wildman–Crippen LogP) is 1.11. The highest BCUT2D eigenvalue weighted by Gasteiger charge is 2.21. The van der Waals surface area contributed by atoms with Crippen LogP contribution in [0.15, 0.2) is 16.9 Å². The van der Waals surface area contributed by atoms with Crippen LogP contribution in [0.5, 0.6) is 5.75 Å². The molecule has 2 rings (SSSR count). The maximum absolute atomic E-state index is 11.3. The van der Waals surface area contributed by atoms with Gasteiger partial charge in [0, 0.05) is 6.20 Å². The van der Waals surface area contributed by atoms with Crippen LogP contribution in [0.4, 0.5) is 0 Å². The minimum Gasteiger partial charge on any atom is -0.503 e. The van der Waals surface area contributed by atoms with Gasteiger partial charge in [0.2, 0.25) is 5.71 Å². The molecule has 0 radical (unpaired) electrons. The van der Waals surface area contributed by atoms with E-state index in [2.05, 4.69) is 9.97 Å². The molecule has 0 fully saturated rings. The van der Waals surface area contributed by atoms with E-state index in [0.717, 1.165) is 0 Å². The van der Waals surface area contributed by atoms with E-state index in [9.17, 15) is 9.90 Å². The van der Waals surface area contributed by atoms with Crippen molar-refractivity contribution in [1.29, 1.82) is 0 Å². The zero-order chi connectivity index (χ0) is 10.8. The van der Waals surface area contributed by atoms with E-state index in [1.165, 1.54) is 12.5 Å². The fourth-order valence-corrected chi connectivity index (χ4v) is 1.16. The third-order valence-electron chi connectivity index (χ3n) is 1.81. The molecule has 0 unspecified atom stereocenters. The quantitative estimate of drug-likeness (QED) is 0.744. The summed E-state index contributed by atoms with van der Waals surface area (Å²) in [5.41, 5.74) is 0.158. The predicted molar refractivity (Wildman–Crippen MR) is 49.4 cm³/mol. The summed E-state index contributed by atoms with van der Waals surface area (Å²) in [6, 6.07) is 0. The molecule has 2 aromatic heterocycles. The van der Waals surface area contributed by atoms with Crippen molar-refractivity contribution < 1.29 is 19.1 Å². The minimum atomic E-state index is -0.715. The molecule has 0 aliphatic carbocycles. The number of carbonyl (C=O) groups is 1. The molecule has 0 aromatic carbocycles. The monoisotopic (exact) mass is 208 g/mol. The molecule has 2 heterocycles. The van der Waals surface area contributed by atoms with Gasteiger partial charge in [-0.1, -0.05) is 0 Å². The lowest BCUT2D eigenvalue weighted by molar-refractivity contribution is 0.0488. The van der Waals surface area contributed by atoms with Crippen LogP contribution in [0, 0.1) is 0 Å². The van der Waals surface area contributed by atoms with E-state index < -0.39 is 5.97 Å². The first-order valence-electron chi connectivity index (χ1n) is 4.32. The summed E-state index contributed by atoms with van der Waals surface area (Å²) in [5, 5.41) is 9.90. The fraction of sp³-hybridized carbons (Fsp3) is 0.222. The fourth-order valence-electron chi connectivity index (χ4n) is 1.16. The standard InChI is InChI=1S/C9H8N2O4/c1-2-14-9(13)7-6(12)5-3-10-4-11-8(5)15-7/h3-4,12H,2H2,1H3. The Bertz CT molecular complexity index is 506. The van der Waals surface area contributed by atoms with Crippen molar-refractivity contribution in [1.82, 2.24) is 9.97 Å². The molecule has 0 aliphatic heterocycles. The number of furan rings is 1. The number of hydrogen-bond donors (Lipinski definition) is 1. The van der Waals surface area contributed by atoms with Gasteiger partial charge in [-0.2, -0.15) is 0 Å². The summed E-state index contributed by atoms with van der Waals surface area (Å²) in [6.07, 6.45) is 2.63. The number of esters is 1. The van der Waals surface area contributed by atoms with Crippen molar-refractivity contribution in [3.8, 4) is 5.75 Å². The van der Waals surface area contributed by atoms with Crippen molar-refractivity contribution in [2.75, 3.05) is 6.61 Å². The van der Waals surface area contributed by atoms with Gasteiger partial charge < -0.3 is 14.3 Å². The molecular weight excluding hydrogens is 200 g/mol. The Balaban J connectivity index is 2.53. The molecule has 0 atom stereocenters. The molecule has 6 nitrogen and oxygen atoms in total. The third kappa shape index (κ3) is 1.50. The van der Waals surface area contributed by atoms with Crippen LogP contribution in [0.2, 0.25) is 0 Å². The number of hydrogen-bond acceptors (Lipinski definition) is 6. The summed E-state index contributed by atoms with van der Waals surface area (Å²) in [5.74, 6) is -1.25. The molecule has 0 saturated carbocycles. The van der Waals surface area contributed by atoms with Crippen molar-refractivity contribution in [2.45, 2.75) is 6.92 Å². The second-order valence-corrected chi connectivity index (χ2v) is 2.74. The summed E-state index contributed by atoms with van der Waals surface area (Å²) in [7, 11) is 0. The van der Waals surface area contributed by atoms with E-state index in [1.807, 2.05) is 0 Å². The minimum absolute atomic E-state index is 0.158. The molecule has 15 heavy (non-hydrogen) atoms. The van der Waals surface area contributed by atoms with Crippen molar-refractivity contribution in [3.05, 3.63) is 18.3 Å². The number of nitrogens with zero attached hydrogens (tertiary/aromatic N) is 2. The lowest BCUT2D eigenvalue weighted by Gasteiger charge is -1.96. The molecule has 0 spiro atoms. The van der Waals surface area contributed by atoms with Gasteiger partial charge in [-0.3, -0.25) is 0 Å². The molecule has 0 saturated heterocycles. The van der Waals surface area contributed by atoms with Crippen LogP contribution in [0.1, 0.15) is 17.5 Å². The molecular formula is C9H8N2O4. The average molecular weight is 208 g/mol. The molecule has 0 aliphatic rings. The Hall–Kier alpha value is -2.11. The lowest BCUT2D eigenvalue weighted by Crippen LogP contribution is -2.02. The number of aromatic nitrogens is 2. The van der Waals surface area contributed by atoms with Crippen LogP contribution in [-0.4, -0.2) is 27.7 Å². The third-order valence-corrected chi connectivity index (χ3v) is 1.81. The second-order valence-electron chi connectivity index (χ2n) is 2.74. The largest absolute Gasteiger partial charge is 0.503 e. The number of rotatable bonds is 2. The first-order valence-corrected chi connectivity index (χ1v) is 4.32. The summed E-state index contributed by atoms with van der Waals surface area (Å²) in [6.45, 7) is 1.87. The number of ether oxygens (including phenoxy) is 1. The molecule has 1 N–H and O–H groups in total. The molecule has 78 valence electrons. The van der Waals surface area contributed by atoms with E-state index in [4.69, 9.17) is 9.15 Å². The van der Waals surface area contributed by atoms with E-state index in [-0.39, 0.29) is 23.8 Å². The zero-order valence-electron chi connectivity index (χ0n) is 7.93. The molecule has 2 aromatic rings. The van der Waals surface area contributed by atoms with Gasteiger partial charge in [0.1, 0.15) is 11.7 Å². The first-order chi connectivity index (χ1) is 7.24. The second kappa shape index (κ2) is 3.56. The Morgan fingerprint density at radius 1 is 1.67 bits per heavy atom. The van der Waals surface area contributed by atoms with Crippen LogP contribution >= 0.6 is 0 Å². The summed E-state index contributed by atoms with van der Waals surface area (Å²) in [4.78, 5) is 18.8. The van der Waals surface area contributed by atoms with Crippen molar-refractivity contribution in [3.63, 3.8) is 0 Å². The highest BCUT2D eigenvalue weighted by molar-refractivity contribution is 5.97. The van der Waals surface area contributed by atoms with Crippen molar-refractivity contribution in [2.24, 2.45) is 0 Å². The first kappa shape index (κ1) is 9.45. The van der Waals surface area contributed by atoms with Gasteiger partial charge in [-0.05, 0) is 6.92 Å². The number of aromatic hydroxyl groups is 1. The Kier molecular flexibility index (Phi) is 2.24. The normalized spacial score (nSPS) is 10.5. The Labute approximate surface area is 84.5 Å². The van der Waals surface area contributed by atoms with E-state index in [1.54, 1.807) is 6.92 Å². The summed E-state index contributed by atoms with van der Waals surface area (Å²) < 4.78 is 9.73. The van der Waals surface area contributed by atoms with Crippen LogP contribution in [-0.2, 0) is 4.74 Å².